The molecule has 0 heterocycles. The standard InChI is InChI=1S/C26H35NO5S/c1-17-7-8-19(11-18(17)2)12-21(16-32-24(28)26(3,4)5)15-31-22-10-9-20(13-23(22)30-6)14-27-25(29)33/h7-11,13,21H,12,14-16H2,1-6H3,(H2,27,29,33). The Morgan fingerprint density at radius 3 is 2.27 bits per heavy atom. The summed E-state index contributed by atoms with van der Waals surface area (Å²) in [5.41, 5.74) is 3.94. The second kappa shape index (κ2) is 12.0. The van der Waals surface area contributed by atoms with E-state index in [0.29, 0.717) is 31.1 Å². The zero-order valence-electron chi connectivity index (χ0n) is 20.4. The molecule has 7 heteroatoms. The largest absolute Gasteiger partial charge is 0.493 e. The van der Waals surface area contributed by atoms with E-state index in [1.807, 2.05) is 39.0 Å². The van der Waals surface area contributed by atoms with E-state index in [2.05, 4.69) is 50.0 Å². The van der Waals surface area contributed by atoms with E-state index >= 15 is 0 Å². The Labute approximate surface area is 202 Å². The maximum absolute atomic E-state index is 12.3. The number of nitrogens with one attached hydrogen (secondary N) is 1. The van der Waals surface area contributed by atoms with Crippen LogP contribution in [0.15, 0.2) is 36.4 Å². The van der Waals surface area contributed by atoms with Gasteiger partial charge in [-0.25, -0.2) is 0 Å². The van der Waals surface area contributed by atoms with E-state index in [1.54, 1.807) is 7.11 Å². The van der Waals surface area contributed by atoms with E-state index < -0.39 is 10.7 Å². The average Bonchev–Trinajstić information content (AvgIpc) is 2.75. The fourth-order valence-corrected chi connectivity index (χ4v) is 3.25. The van der Waals surface area contributed by atoms with Crippen molar-refractivity contribution in [1.82, 2.24) is 5.32 Å². The fourth-order valence-electron chi connectivity index (χ4n) is 3.17. The van der Waals surface area contributed by atoms with Crippen molar-refractivity contribution in [3.63, 3.8) is 0 Å². The summed E-state index contributed by atoms with van der Waals surface area (Å²) in [7, 11) is 1.57. The van der Waals surface area contributed by atoms with E-state index in [4.69, 9.17) is 14.2 Å². The number of methoxy groups -OCH3 is 1. The van der Waals surface area contributed by atoms with Crippen LogP contribution in [0.5, 0.6) is 11.5 Å². The third-order valence-corrected chi connectivity index (χ3v) is 5.46. The molecule has 0 fully saturated rings. The molecule has 0 saturated carbocycles. The van der Waals surface area contributed by atoms with Crippen LogP contribution in [0.2, 0.25) is 0 Å². The number of rotatable bonds is 10. The summed E-state index contributed by atoms with van der Waals surface area (Å²) in [6.07, 6.45) is 0.715. The molecule has 2 aromatic rings. The molecule has 0 bridgehead atoms. The highest BCUT2D eigenvalue weighted by Gasteiger charge is 2.25. The lowest BCUT2D eigenvalue weighted by Gasteiger charge is -2.22. The molecule has 0 saturated heterocycles. The molecule has 0 spiro atoms. The molecule has 180 valence electrons. The summed E-state index contributed by atoms with van der Waals surface area (Å²) in [6.45, 7) is 10.7. The molecule has 1 N–H and O–H groups in total. The highest BCUT2D eigenvalue weighted by Crippen LogP contribution is 2.29. The van der Waals surface area contributed by atoms with Gasteiger partial charge in [0, 0.05) is 12.5 Å². The number of hydrogen-bond donors (Lipinski definition) is 2. The highest BCUT2D eigenvalue weighted by atomic mass is 32.1. The van der Waals surface area contributed by atoms with Gasteiger partial charge in [-0.15, -0.1) is 0 Å². The zero-order chi connectivity index (χ0) is 24.6. The van der Waals surface area contributed by atoms with Crippen molar-refractivity contribution >= 4 is 23.8 Å². The number of thiol groups is 1. The van der Waals surface area contributed by atoms with Crippen LogP contribution >= 0.6 is 12.6 Å². The lowest BCUT2D eigenvalue weighted by Crippen LogP contribution is -2.28. The second-order valence-corrected chi connectivity index (χ2v) is 9.70. The third-order valence-electron chi connectivity index (χ3n) is 5.30. The normalized spacial score (nSPS) is 12.1. The number of carbonyl (C=O) groups excluding carboxylic acids is 2. The van der Waals surface area contributed by atoms with Crippen LogP contribution in [0.1, 0.15) is 43.0 Å². The maximum atomic E-state index is 12.3. The van der Waals surface area contributed by atoms with Crippen molar-refractivity contribution in [3.8, 4) is 11.5 Å². The van der Waals surface area contributed by atoms with Gasteiger partial charge in [0.2, 0.25) is 0 Å². The Balaban J connectivity index is 2.13. The predicted octanol–water partition coefficient (Wildman–Crippen LogP) is 5.28. The molecular weight excluding hydrogens is 438 g/mol. The van der Waals surface area contributed by atoms with Crippen molar-refractivity contribution in [3.05, 3.63) is 58.7 Å². The summed E-state index contributed by atoms with van der Waals surface area (Å²) in [5.74, 6) is 0.884. The highest BCUT2D eigenvalue weighted by molar-refractivity contribution is 7.96. The van der Waals surface area contributed by atoms with Gasteiger partial charge in [-0.3, -0.25) is 9.59 Å². The van der Waals surface area contributed by atoms with Crippen molar-refractivity contribution in [1.29, 1.82) is 0 Å². The zero-order valence-corrected chi connectivity index (χ0v) is 21.3. The summed E-state index contributed by atoms with van der Waals surface area (Å²) in [4.78, 5) is 23.4. The van der Waals surface area contributed by atoms with Crippen LogP contribution in [0.3, 0.4) is 0 Å². The van der Waals surface area contributed by atoms with Crippen LogP contribution in [0, 0.1) is 25.2 Å². The van der Waals surface area contributed by atoms with Gasteiger partial charge in [0.15, 0.2) is 11.5 Å². The van der Waals surface area contributed by atoms with Gasteiger partial charge in [0.25, 0.3) is 5.24 Å². The first-order chi connectivity index (χ1) is 15.5. The lowest BCUT2D eigenvalue weighted by molar-refractivity contribution is -0.154. The molecule has 1 amide bonds. The molecule has 6 nitrogen and oxygen atoms in total. The lowest BCUT2D eigenvalue weighted by atomic mass is 9.96. The molecule has 2 rings (SSSR count). The van der Waals surface area contributed by atoms with Crippen LogP contribution in [-0.4, -0.2) is 31.5 Å². The Kier molecular flexibility index (Phi) is 9.65. The van der Waals surface area contributed by atoms with Crippen LogP contribution in [0.25, 0.3) is 0 Å². The summed E-state index contributed by atoms with van der Waals surface area (Å²) < 4.78 is 17.2. The number of ether oxygens (including phenoxy) is 3. The maximum Gasteiger partial charge on any atom is 0.311 e. The molecular formula is C26H35NO5S. The average molecular weight is 474 g/mol. The number of aryl methyl sites for hydroxylation is 2. The Morgan fingerprint density at radius 1 is 0.970 bits per heavy atom. The van der Waals surface area contributed by atoms with Crippen molar-refractivity contribution < 1.29 is 23.8 Å². The SMILES string of the molecule is COc1cc(CNC(=O)S)ccc1OCC(COC(=O)C(C)(C)C)Cc1ccc(C)c(C)c1. The van der Waals surface area contributed by atoms with E-state index in [-0.39, 0.29) is 18.5 Å². The van der Waals surface area contributed by atoms with E-state index in [0.717, 1.165) is 5.56 Å². The molecule has 0 aliphatic rings. The first-order valence-corrected chi connectivity index (χ1v) is 11.4. The van der Waals surface area contributed by atoms with Gasteiger partial charge < -0.3 is 19.5 Å². The van der Waals surface area contributed by atoms with Crippen molar-refractivity contribution in [2.24, 2.45) is 11.3 Å². The molecule has 0 aromatic heterocycles. The van der Waals surface area contributed by atoms with Gasteiger partial charge in [0.05, 0.1) is 25.7 Å². The molecule has 0 radical (unpaired) electrons. The number of amides is 1. The van der Waals surface area contributed by atoms with E-state index in [9.17, 15) is 9.59 Å². The van der Waals surface area contributed by atoms with Gasteiger partial charge >= 0.3 is 5.97 Å². The quantitative estimate of drug-likeness (QED) is 0.363. The minimum Gasteiger partial charge on any atom is -0.493 e. The summed E-state index contributed by atoms with van der Waals surface area (Å²) >= 11 is 3.72. The second-order valence-electron chi connectivity index (χ2n) is 9.29. The predicted molar refractivity (Wildman–Crippen MR) is 133 cm³/mol. The smallest absolute Gasteiger partial charge is 0.311 e. The Bertz CT molecular complexity index is 968. The number of esters is 1. The minimum atomic E-state index is -0.562. The molecule has 1 unspecified atom stereocenters. The fraction of sp³-hybridized carbons (Fsp3) is 0.462. The number of carbonyl (C=O) groups is 2. The van der Waals surface area contributed by atoms with Gasteiger partial charge in [0.1, 0.15) is 0 Å². The molecule has 0 aliphatic heterocycles. The Morgan fingerprint density at radius 2 is 1.67 bits per heavy atom. The minimum absolute atomic E-state index is 0.0359. The van der Waals surface area contributed by atoms with Crippen molar-refractivity contribution in [2.45, 2.75) is 47.6 Å². The third kappa shape index (κ3) is 8.65. The number of hydrogen-bond acceptors (Lipinski definition) is 5. The first kappa shape index (κ1) is 26.6. The topological polar surface area (TPSA) is 73.9 Å². The summed E-state index contributed by atoms with van der Waals surface area (Å²) in [5, 5.41) is 2.24. The number of benzene rings is 2. The van der Waals surface area contributed by atoms with E-state index in [1.165, 1.54) is 16.7 Å². The van der Waals surface area contributed by atoms with Crippen LogP contribution in [0.4, 0.5) is 4.79 Å². The van der Waals surface area contributed by atoms with Crippen molar-refractivity contribution in [2.75, 3.05) is 20.3 Å². The van der Waals surface area contributed by atoms with Gasteiger partial charge in [-0.1, -0.05) is 36.9 Å². The van der Waals surface area contributed by atoms with Crippen LogP contribution < -0.4 is 14.8 Å². The monoisotopic (exact) mass is 473 g/mol. The molecule has 0 aliphatic carbocycles. The summed E-state index contributed by atoms with van der Waals surface area (Å²) in [6, 6.07) is 11.9. The van der Waals surface area contributed by atoms with Gasteiger partial charge in [-0.05, 0) is 75.4 Å². The molecule has 2 aromatic carbocycles. The molecule has 33 heavy (non-hydrogen) atoms. The Hall–Kier alpha value is -2.67. The first-order valence-electron chi connectivity index (χ1n) is 11.0. The van der Waals surface area contributed by atoms with Crippen LogP contribution in [-0.2, 0) is 22.5 Å². The molecule has 1 atom stereocenters. The van der Waals surface area contributed by atoms with Gasteiger partial charge in [-0.2, -0.15) is 0 Å².